The molecule has 0 bridgehead atoms. The second-order valence-corrected chi connectivity index (χ2v) is 11.0. The lowest BCUT2D eigenvalue weighted by Gasteiger charge is -2.30. The average Bonchev–Trinajstić information content (AvgIpc) is 3.27. The monoisotopic (exact) mass is 545 g/mol. The Bertz CT molecular complexity index is 1230. The normalized spacial score (nSPS) is 12.1. The highest BCUT2D eigenvalue weighted by molar-refractivity contribution is 5.85. The molecule has 3 rings (SSSR count). The maximum absolute atomic E-state index is 13.6. The van der Waals surface area contributed by atoms with E-state index in [9.17, 15) is 22.8 Å². The van der Waals surface area contributed by atoms with E-state index < -0.39 is 11.7 Å². The number of halogens is 3. The summed E-state index contributed by atoms with van der Waals surface area (Å²) >= 11 is 0. The second-order valence-electron chi connectivity index (χ2n) is 11.0. The third-order valence-corrected chi connectivity index (χ3v) is 6.47. The summed E-state index contributed by atoms with van der Waals surface area (Å²) in [4.78, 5) is 33.1. The molecule has 0 aliphatic rings. The number of rotatable bonds is 12. The van der Waals surface area contributed by atoms with E-state index in [0.29, 0.717) is 44.5 Å². The van der Waals surface area contributed by atoms with Crippen LogP contribution in [0.5, 0.6) is 0 Å². The van der Waals surface area contributed by atoms with Crippen molar-refractivity contribution in [1.82, 2.24) is 14.8 Å². The van der Waals surface area contributed by atoms with Gasteiger partial charge in [-0.1, -0.05) is 51.1 Å². The Hall–Kier alpha value is -3.33. The number of ether oxygens (including phenoxy) is 1. The molecule has 1 N–H and O–H groups in total. The highest BCUT2D eigenvalue weighted by Crippen LogP contribution is 2.29. The van der Waals surface area contributed by atoms with Gasteiger partial charge in [-0.3, -0.25) is 9.59 Å². The predicted octanol–water partition coefficient (Wildman–Crippen LogP) is 6.06. The van der Waals surface area contributed by atoms with Crippen molar-refractivity contribution in [1.29, 1.82) is 0 Å². The van der Waals surface area contributed by atoms with Gasteiger partial charge < -0.3 is 19.5 Å². The van der Waals surface area contributed by atoms with Crippen molar-refractivity contribution in [3.63, 3.8) is 0 Å². The number of hydrogen-bond donors (Lipinski definition) is 1. The Morgan fingerprint density at radius 2 is 1.62 bits per heavy atom. The number of carbonyl (C=O) groups is 2. The number of methoxy groups -OCH3 is 1. The van der Waals surface area contributed by atoms with Gasteiger partial charge in [0.1, 0.15) is 0 Å². The standard InChI is InChI=1S/C30H38F3N3O3/c1-29(2,3)18-27(37)35(15-7-17-39-4)21-28(38)36(20-22-10-12-24(13-11-22)30(31,32)33)16-14-23-19-34-26-9-6-5-8-25(23)26/h5-6,8-13,19,34H,7,14-18,20-21H2,1-4H3. The van der Waals surface area contributed by atoms with Crippen LogP contribution >= 0.6 is 0 Å². The molecule has 1 heterocycles. The van der Waals surface area contributed by atoms with Crippen LogP contribution < -0.4 is 0 Å². The molecule has 0 aliphatic heterocycles. The van der Waals surface area contributed by atoms with Gasteiger partial charge in [0.25, 0.3) is 0 Å². The van der Waals surface area contributed by atoms with Crippen LogP contribution in [-0.4, -0.2) is 59.9 Å². The van der Waals surface area contributed by atoms with Crippen molar-refractivity contribution in [2.24, 2.45) is 5.41 Å². The van der Waals surface area contributed by atoms with Gasteiger partial charge >= 0.3 is 6.18 Å². The number of H-pyrrole nitrogens is 1. The van der Waals surface area contributed by atoms with E-state index in [1.54, 1.807) is 16.9 Å². The molecule has 0 atom stereocenters. The first kappa shape index (κ1) is 30.2. The van der Waals surface area contributed by atoms with Gasteiger partial charge in [0.2, 0.25) is 11.8 Å². The van der Waals surface area contributed by atoms with Crippen LogP contribution in [-0.2, 0) is 33.5 Å². The molecular weight excluding hydrogens is 507 g/mol. The van der Waals surface area contributed by atoms with Gasteiger partial charge in [0.05, 0.1) is 12.1 Å². The van der Waals surface area contributed by atoms with Crippen LogP contribution in [0.1, 0.15) is 50.3 Å². The minimum Gasteiger partial charge on any atom is -0.385 e. The van der Waals surface area contributed by atoms with E-state index in [0.717, 1.165) is 28.6 Å². The Morgan fingerprint density at radius 3 is 2.26 bits per heavy atom. The number of fused-ring (bicyclic) bond motifs is 1. The number of amides is 2. The zero-order valence-corrected chi connectivity index (χ0v) is 23.1. The molecule has 0 saturated heterocycles. The first-order chi connectivity index (χ1) is 18.4. The molecule has 0 aliphatic carbocycles. The van der Waals surface area contributed by atoms with E-state index in [4.69, 9.17) is 4.74 Å². The quantitative estimate of drug-likeness (QED) is 0.282. The summed E-state index contributed by atoms with van der Waals surface area (Å²) in [6, 6.07) is 12.7. The lowest BCUT2D eigenvalue weighted by molar-refractivity contribution is -0.142. The predicted molar refractivity (Wildman–Crippen MR) is 146 cm³/mol. The average molecular weight is 546 g/mol. The van der Waals surface area contributed by atoms with Crippen LogP contribution in [0.25, 0.3) is 10.9 Å². The molecule has 6 nitrogen and oxygen atoms in total. The number of alkyl halides is 3. The number of carbonyl (C=O) groups excluding carboxylic acids is 2. The molecule has 9 heteroatoms. The zero-order chi connectivity index (χ0) is 28.6. The highest BCUT2D eigenvalue weighted by atomic mass is 19.4. The molecular formula is C30H38F3N3O3. The van der Waals surface area contributed by atoms with E-state index in [1.807, 2.05) is 51.2 Å². The van der Waals surface area contributed by atoms with Crippen LogP contribution in [0.3, 0.4) is 0 Å². The summed E-state index contributed by atoms with van der Waals surface area (Å²) < 4.78 is 44.3. The fraction of sp³-hybridized carbons (Fsp3) is 0.467. The Kier molecular flexibility index (Phi) is 10.2. The molecule has 0 fully saturated rings. The van der Waals surface area contributed by atoms with Crippen LogP contribution in [0.2, 0.25) is 0 Å². The molecule has 1 aromatic heterocycles. The van der Waals surface area contributed by atoms with E-state index in [1.165, 1.54) is 12.1 Å². The Balaban J connectivity index is 1.81. The third-order valence-electron chi connectivity index (χ3n) is 6.47. The number of para-hydroxylation sites is 1. The molecule has 0 radical (unpaired) electrons. The lowest BCUT2D eigenvalue weighted by Crippen LogP contribution is -2.44. The van der Waals surface area contributed by atoms with Gasteiger partial charge in [-0.25, -0.2) is 0 Å². The van der Waals surface area contributed by atoms with Crippen molar-refractivity contribution >= 4 is 22.7 Å². The molecule has 2 amide bonds. The van der Waals surface area contributed by atoms with Crippen LogP contribution in [0, 0.1) is 5.41 Å². The Morgan fingerprint density at radius 1 is 0.923 bits per heavy atom. The number of hydrogen-bond acceptors (Lipinski definition) is 3. The van der Waals surface area contributed by atoms with Gasteiger partial charge in [-0.15, -0.1) is 0 Å². The van der Waals surface area contributed by atoms with Crippen LogP contribution in [0.15, 0.2) is 54.7 Å². The van der Waals surface area contributed by atoms with Gasteiger partial charge in [-0.2, -0.15) is 13.2 Å². The van der Waals surface area contributed by atoms with Gasteiger partial charge in [0.15, 0.2) is 0 Å². The SMILES string of the molecule is COCCCN(CC(=O)N(CCc1c[nH]c2ccccc12)Cc1ccc(C(F)(F)F)cc1)C(=O)CC(C)(C)C. The van der Waals surface area contributed by atoms with Crippen molar-refractivity contribution in [2.75, 3.05) is 33.4 Å². The van der Waals surface area contributed by atoms with E-state index >= 15 is 0 Å². The largest absolute Gasteiger partial charge is 0.416 e. The molecule has 3 aromatic rings. The fourth-order valence-electron chi connectivity index (χ4n) is 4.43. The van der Waals surface area contributed by atoms with Crippen molar-refractivity contribution in [3.05, 3.63) is 71.4 Å². The topological polar surface area (TPSA) is 65.6 Å². The van der Waals surface area contributed by atoms with Crippen molar-refractivity contribution in [3.8, 4) is 0 Å². The number of aromatic nitrogens is 1. The lowest BCUT2D eigenvalue weighted by atomic mass is 9.91. The minimum absolute atomic E-state index is 0.104. The summed E-state index contributed by atoms with van der Waals surface area (Å²) in [5.74, 6) is -0.368. The summed E-state index contributed by atoms with van der Waals surface area (Å²) in [6.07, 6.45) is -1.08. The number of nitrogens with zero attached hydrogens (tertiary/aromatic N) is 2. The Labute approximate surface area is 228 Å². The molecule has 0 spiro atoms. The summed E-state index contributed by atoms with van der Waals surface area (Å²) in [5, 5.41) is 1.06. The molecule has 0 unspecified atom stereocenters. The molecule has 2 aromatic carbocycles. The summed E-state index contributed by atoms with van der Waals surface area (Å²) in [5.41, 5.74) is 1.64. The minimum atomic E-state index is -4.43. The van der Waals surface area contributed by atoms with Crippen molar-refractivity contribution < 1.29 is 27.5 Å². The third kappa shape index (κ3) is 9.13. The van der Waals surface area contributed by atoms with Crippen LogP contribution in [0.4, 0.5) is 13.2 Å². The van der Waals surface area contributed by atoms with E-state index in [2.05, 4.69) is 4.98 Å². The molecule has 0 saturated carbocycles. The smallest absolute Gasteiger partial charge is 0.385 e. The molecule has 39 heavy (non-hydrogen) atoms. The zero-order valence-electron chi connectivity index (χ0n) is 23.1. The van der Waals surface area contributed by atoms with E-state index in [-0.39, 0.29) is 30.3 Å². The van der Waals surface area contributed by atoms with Gasteiger partial charge in [0, 0.05) is 56.9 Å². The number of aromatic amines is 1. The highest BCUT2D eigenvalue weighted by Gasteiger charge is 2.30. The second kappa shape index (κ2) is 13.2. The first-order valence-electron chi connectivity index (χ1n) is 13.1. The molecule has 212 valence electrons. The summed E-state index contributed by atoms with van der Waals surface area (Å²) in [6.45, 7) is 7.13. The number of benzene rings is 2. The van der Waals surface area contributed by atoms with Crippen molar-refractivity contribution in [2.45, 2.75) is 52.8 Å². The summed E-state index contributed by atoms with van der Waals surface area (Å²) in [7, 11) is 1.59. The maximum atomic E-state index is 13.6. The number of nitrogens with one attached hydrogen (secondary N) is 1. The fourth-order valence-corrected chi connectivity index (χ4v) is 4.43. The maximum Gasteiger partial charge on any atom is 0.416 e. The van der Waals surface area contributed by atoms with Gasteiger partial charge in [-0.05, 0) is 47.6 Å². The first-order valence-corrected chi connectivity index (χ1v) is 13.1.